The molecule has 0 aromatic carbocycles. The number of carboxylic acids is 1. The highest BCUT2D eigenvalue weighted by molar-refractivity contribution is 5.74. The molecule has 0 aliphatic rings. The van der Waals surface area contributed by atoms with Gasteiger partial charge in [-0.25, -0.2) is 4.68 Å². The van der Waals surface area contributed by atoms with E-state index in [0.29, 0.717) is 24.4 Å². The van der Waals surface area contributed by atoms with E-state index in [-0.39, 0.29) is 6.54 Å². The van der Waals surface area contributed by atoms with Gasteiger partial charge in [-0.05, 0) is 36.3 Å². The van der Waals surface area contributed by atoms with Crippen molar-refractivity contribution in [1.29, 1.82) is 0 Å². The van der Waals surface area contributed by atoms with E-state index in [1.807, 2.05) is 20.8 Å². The Hall–Kier alpha value is -2.18. The van der Waals surface area contributed by atoms with Crippen molar-refractivity contribution in [3.63, 3.8) is 0 Å². The molecule has 108 valence electrons. The third-order valence-corrected chi connectivity index (χ3v) is 3.89. The maximum Gasteiger partial charge on any atom is 0.311 e. The molecule has 1 N–H and O–H groups in total. The van der Waals surface area contributed by atoms with Crippen molar-refractivity contribution in [2.75, 3.05) is 0 Å². The number of tetrazole rings is 1. The molecule has 7 nitrogen and oxygen atoms in total. The van der Waals surface area contributed by atoms with Gasteiger partial charge in [0.25, 0.3) is 0 Å². The number of nitrogens with zero attached hydrogens (tertiary/aromatic N) is 4. The van der Waals surface area contributed by atoms with E-state index >= 15 is 0 Å². The molecule has 0 bridgehead atoms. The lowest BCUT2D eigenvalue weighted by atomic mass is 9.82. The smallest absolute Gasteiger partial charge is 0.311 e. The molecule has 0 fully saturated rings. The Kier molecular flexibility index (Phi) is 3.87. The van der Waals surface area contributed by atoms with Gasteiger partial charge >= 0.3 is 5.97 Å². The SMILES string of the molecule is CCC(CC)(Cn1nnnc1-c1ccoc1C)C(=O)O. The number of aromatic nitrogens is 4. The molecule has 0 saturated heterocycles. The Morgan fingerprint density at radius 3 is 2.65 bits per heavy atom. The van der Waals surface area contributed by atoms with Crippen molar-refractivity contribution in [2.24, 2.45) is 5.41 Å². The van der Waals surface area contributed by atoms with Gasteiger partial charge in [0, 0.05) is 0 Å². The highest BCUT2D eigenvalue weighted by atomic mass is 16.4. The summed E-state index contributed by atoms with van der Waals surface area (Å²) in [6.45, 7) is 5.79. The number of hydrogen-bond donors (Lipinski definition) is 1. The molecule has 2 rings (SSSR count). The molecule has 0 aliphatic heterocycles. The van der Waals surface area contributed by atoms with Crippen LogP contribution in [0.4, 0.5) is 0 Å². The van der Waals surface area contributed by atoms with Gasteiger partial charge in [0.05, 0.1) is 23.8 Å². The molecule has 2 aromatic rings. The number of hydrogen-bond acceptors (Lipinski definition) is 5. The van der Waals surface area contributed by atoms with Gasteiger partial charge in [-0.15, -0.1) is 5.10 Å². The van der Waals surface area contributed by atoms with E-state index in [9.17, 15) is 9.90 Å². The molecule has 0 amide bonds. The van der Waals surface area contributed by atoms with Gasteiger partial charge < -0.3 is 9.52 Å². The number of aryl methyl sites for hydroxylation is 1. The molecular formula is C13H18N4O3. The van der Waals surface area contributed by atoms with Crippen LogP contribution < -0.4 is 0 Å². The summed E-state index contributed by atoms with van der Waals surface area (Å²) in [6, 6.07) is 1.78. The molecular weight excluding hydrogens is 260 g/mol. The van der Waals surface area contributed by atoms with Crippen LogP contribution in [0.5, 0.6) is 0 Å². The lowest BCUT2D eigenvalue weighted by Gasteiger charge is -2.26. The number of rotatable bonds is 6. The number of carbonyl (C=O) groups is 1. The summed E-state index contributed by atoms with van der Waals surface area (Å²) in [5.41, 5.74) is -0.0802. The number of carboxylic acid groups (broad SMARTS) is 1. The van der Waals surface area contributed by atoms with E-state index in [1.165, 1.54) is 0 Å². The summed E-state index contributed by atoms with van der Waals surface area (Å²) in [5, 5.41) is 21.1. The fraction of sp³-hybridized carbons (Fsp3) is 0.538. The summed E-state index contributed by atoms with van der Waals surface area (Å²) in [4.78, 5) is 11.6. The van der Waals surface area contributed by atoms with Gasteiger partial charge in [-0.2, -0.15) is 0 Å². The minimum Gasteiger partial charge on any atom is -0.481 e. The van der Waals surface area contributed by atoms with Crippen molar-refractivity contribution in [3.8, 4) is 11.4 Å². The second-order valence-corrected chi connectivity index (χ2v) is 4.84. The van der Waals surface area contributed by atoms with E-state index in [2.05, 4.69) is 15.5 Å². The first-order chi connectivity index (χ1) is 9.54. The van der Waals surface area contributed by atoms with Gasteiger partial charge in [-0.3, -0.25) is 4.79 Å². The second-order valence-electron chi connectivity index (χ2n) is 4.84. The number of aliphatic carboxylic acids is 1. The standard InChI is InChI=1S/C13H18N4O3/c1-4-13(5-2,12(18)19)8-17-11(14-15-16-17)10-6-7-20-9(10)3/h6-7H,4-5,8H2,1-3H3,(H,18,19). The Bertz CT molecular complexity index is 598. The number of furan rings is 1. The fourth-order valence-electron chi connectivity index (χ4n) is 2.25. The maximum absolute atomic E-state index is 11.6. The van der Waals surface area contributed by atoms with Gasteiger partial charge in [0.15, 0.2) is 5.82 Å². The third kappa shape index (κ3) is 2.31. The average molecular weight is 278 g/mol. The van der Waals surface area contributed by atoms with Crippen LogP contribution in [0.15, 0.2) is 16.7 Å². The summed E-state index contributed by atoms with van der Waals surface area (Å²) in [7, 11) is 0. The normalized spacial score (nSPS) is 11.8. The monoisotopic (exact) mass is 278 g/mol. The summed E-state index contributed by atoms with van der Waals surface area (Å²) in [5.74, 6) is 0.409. The molecule has 7 heteroatoms. The van der Waals surface area contributed by atoms with Crippen molar-refractivity contribution >= 4 is 5.97 Å². The quantitative estimate of drug-likeness (QED) is 0.869. The summed E-state index contributed by atoms with van der Waals surface area (Å²) < 4.78 is 6.79. The van der Waals surface area contributed by atoms with Crippen LogP contribution in [0.2, 0.25) is 0 Å². The fourth-order valence-corrected chi connectivity index (χ4v) is 2.25. The van der Waals surface area contributed by atoms with Crippen molar-refractivity contribution < 1.29 is 14.3 Å². The first-order valence-electron chi connectivity index (χ1n) is 6.58. The highest BCUT2D eigenvalue weighted by Gasteiger charge is 2.36. The topological polar surface area (TPSA) is 94.0 Å². The molecule has 0 spiro atoms. The van der Waals surface area contributed by atoms with Crippen molar-refractivity contribution in [2.45, 2.75) is 40.2 Å². The molecule has 0 unspecified atom stereocenters. The van der Waals surface area contributed by atoms with E-state index in [1.54, 1.807) is 17.0 Å². The minimum atomic E-state index is -0.859. The Labute approximate surface area is 116 Å². The van der Waals surface area contributed by atoms with Crippen LogP contribution >= 0.6 is 0 Å². The zero-order valence-electron chi connectivity index (χ0n) is 11.8. The maximum atomic E-state index is 11.6. The van der Waals surface area contributed by atoms with Crippen molar-refractivity contribution in [3.05, 3.63) is 18.1 Å². The van der Waals surface area contributed by atoms with Gasteiger partial charge in [-0.1, -0.05) is 13.8 Å². The highest BCUT2D eigenvalue weighted by Crippen LogP contribution is 2.31. The van der Waals surface area contributed by atoms with E-state index in [0.717, 1.165) is 5.56 Å². The summed E-state index contributed by atoms with van der Waals surface area (Å²) >= 11 is 0. The zero-order valence-corrected chi connectivity index (χ0v) is 11.8. The molecule has 2 aromatic heterocycles. The van der Waals surface area contributed by atoms with Crippen molar-refractivity contribution in [1.82, 2.24) is 20.2 Å². The Morgan fingerprint density at radius 2 is 2.15 bits per heavy atom. The first-order valence-corrected chi connectivity index (χ1v) is 6.58. The molecule has 0 atom stereocenters. The third-order valence-electron chi connectivity index (χ3n) is 3.89. The van der Waals surface area contributed by atoms with Crippen LogP contribution in [-0.2, 0) is 11.3 Å². The molecule has 2 heterocycles. The Morgan fingerprint density at radius 1 is 1.45 bits per heavy atom. The predicted octanol–water partition coefficient (Wildman–Crippen LogP) is 2.13. The van der Waals surface area contributed by atoms with E-state index < -0.39 is 11.4 Å². The van der Waals surface area contributed by atoms with Gasteiger partial charge in [0.2, 0.25) is 0 Å². The van der Waals surface area contributed by atoms with Crippen LogP contribution in [0.1, 0.15) is 32.4 Å². The minimum absolute atomic E-state index is 0.238. The largest absolute Gasteiger partial charge is 0.481 e. The molecule has 20 heavy (non-hydrogen) atoms. The molecule has 0 saturated carbocycles. The van der Waals surface area contributed by atoms with E-state index in [4.69, 9.17) is 4.42 Å². The first kappa shape index (κ1) is 14.2. The van der Waals surface area contributed by atoms with Crippen LogP contribution in [0.25, 0.3) is 11.4 Å². The Balaban J connectivity index is 2.38. The molecule has 0 radical (unpaired) electrons. The second kappa shape index (κ2) is 5.44. The average Bonchev–Trinajstić information content (AvgIpc) is 3.04. The van der Waals surface area contributed by atoms with Crippen LogP contribution in [0, 0.1) is 12.3 Å². The summed E-state index contributed by atoms with van der Waals surface area (Å²) in [6.07, 6.45) is 2.60. The zero-order chi connectivity index (χ0) is 14.8. The van der Waals surface area contributed by atoms with Crippen LogP contribution in [-0.4, -0.2) is 31.3 Å². The lowest BCUT2D eigenvalue weighted by molar-refractivity contribution is -0.150. The van der Waals surface area contributed by atoms with Gasteiger partial charge in [0.1, 0.15) is 5.76 Å². The lowest BCUT2D eigenvalue weighted by Crippen LogP contribution is -2.35. The molecule has 0 aliphatic carbocycles. The predicted molar refractivity (Wildman–Crippen MR) is 70.9 cm³/mol. The van der Waals surface area contributed by atoms with Crippen LogP contribution in [0.3, 0.4) is 0 Å².